The molecule has 0 saturated carbocycles. The molecule has 2 rings (SSSR count). The molecule has 0 aliphatic heterocycles. The number of rotatable bonds is 2. The summed E-state index contributed by atoms with van der Waals surface area (Å²) in [7, 11) is 3.51. The average molecular weight is 246 g/mol. The molecule has 3 nitrogen and oxygen atoms in total. The summed E-state index contributed by atoms with van der Waals surface area (Å²) in [4.78, 5) is 18.8. The van der Waals surface area contributed by atoms with Gasteiger partial charge in [-0.3, -0.25) is 4.79 Å². The maximum Gasteiger partial charge on any atom is 0.265 e. The van der Waals surface area contributed by atoms with E-state index in [1.807, 2.05) is 37.3 Å². The van der Waals surface area contributed by atoms with Crippen LogP contribution in [0.4, 0.5) is 0 Å². The van der Waals surface area contributed by atoms with E-state index in [2.05, 4.69) is 4.98 Å². The van der Waals surface area contributed by atoms with Crippen LogP contribution < -0.4 is 0 Å². The zero-order valence-corrected chi connectivity index (χ0v) is 10.9. The number of aryl methyl sites for hydroxylation is 1. The Hall–Kier alpha value is -1.68. The smallest absolute Gasteiger partial charge is 0.265 e. The highest BCUT2D eigenvalue weighted by Gasteiger charge is 2.19. The van der Waals surface area contributed by atoms with Crippen LogP contribution in [0.25, 0.3) is 11.3 Å². The van der Waals surface area contributed by atoms with Gasteiger partial charge in [0.05, 0.1) is 10.7 Å². The minimum atomic E-state index is 0.00875. The molecule has 0 fully saturated rings. The summed E-state index contributed by atoms with van der Waals surface area (Å²) in [6, 6.07) is 9.81. The lowest BCUT2D eigenvalue weighted by atomic mass is 10.1. The Morgan fingerprint density at radius 3 is 2.47 bits per heavy atom. The van der Waals surface area contributed by atoms with Crippen LogP contribution in [0.15, 0.2) is 30.3 Å². The van der Waals surface area contributed by atoms with Crippen molar-refractivity contribution in [3.8, 4) is 11.3 Å². The highest BCUT2D eigenvalue weighted by atomic mass is 32.1. The van der Waals surface area contributed by atoms with Gasteiger partial charge in [-0.05, 0) is 6.92 Å². The molecule has 1 heterocycles. The minimum Gasteiger partial charge on any atom is -0.344 e. The van der Waals surface area contributed by atoms with E-state index in [0.29, 0.717) is 4.88 Å². The Bertz CT molecular complexity index is 532. The minimum absolute atomic E-state index is 0.00875. The van der Waals surface area contributed by atoms with E-state index in [-0.39, 0.29) is 5.91 Å². The molecular weight excluding hydrogens is 232 g/mol. The van der Waals surface area contributed by atoms with Gasteiger partial charge in [0.1, 0.15) is 4.88 Å². The highest BCUT2D eigenvalue weighted by Crippen LogP contribution is 2.28. The third kappa shape index (κ3) is 2.36. The van der Waals surface area contributed by atoms with Crippen LogP contribution in [0.2, 0.25) is 0 Å². The molecule has 0 N–H and O–H groups in total. The summed E-state index contributed by atoms with van der Waals surface area (Å²) < 4.78 is 0. The normalized spacial score (nSPS) is 10.3. The monoisotopic (exact) mass is 246 g/mol. The molecule has 1 aromatic carbocycles. The molecule has 88 valence electrons. The first kappa shape index (κ1) is 11.8. The van der Waals surface area contributed by atoms with Gasteiger partial charge in [0.15, 0.2) is 0 Å². The molecule has 0 bridgehead atoms. The summed E-state index contributed by atoms with van der Waals surface area (Å²) in [5.74, 6) is 0.00875. The number of amides is 1. The van der Waals surface area contributed by atoms with Crippen molar-refractivity contribution >= 4 is 17.2 Å². The number of benzene rings is 1. The van der Waals surface area contributed by atoms with Crippen LogP contribution in [0.5, 0.6) is 0 Å². The SMILES string of the molecule is Cc1nc(-c2ccccc2)c(C(=O)N(C)C)s1. The first-order valence-electron chi connectivity index (χ1n) is 5.34. The molecule has 2 aromatic rings. The lowest BCUT2D eigenvalue weighted by molar-refractivity contribution is 0.0832. The van der Waals surface area contributed by atoms with Crippen molar-refractivity contribution in [3.05, 3.63) is 40.2 Å². The van der Waals surface area contributed by atoms with E-state index >= 15 is 0 Å². The van der Waals surface area contributed by atoms with Crippen LogP contribution >= 0.6 is 11.3 Å². The number of hydrogen-bond donors (Lipinski definition) is 0. The fourth-order valence-electron chi connectivity index (χ4n) is 1.57. The lowest BCUT2D eigenvalue weighted by Gasteiger charge is -2.09. The number of carbonyl (C=O) groups is 1. The van der Waals surface area contributed by atoms with E-state index in [1.165, 1.54) is 11.3 Å². The number of hydrogen-bond acceptors (Lipinski definition) is 3. The second-order valence-electron chi connectivity index (χ2n) is 3.98. The molecule has 0 spiro atoms. The maximum atomic E-state index is 12.0. The predicted molar refractivity (Wildman–Crippen MR) is 70.3 cm³/mol. The van der Waals surface area contributed by atoms with E-state index in [0.717, 1.165) is 16.3 Å². The summed E-state index contributed by atoms with van der Waals surface area (Å²) in [5, 5.41) is 0.911. The van der Waals surface area contributed by atoms with Gasteiger partial charge in [-0.1, -0.05) is 30.3 Å². The van der Waals surface area contributed by atoms with Crippen molar-refractivity contribution < 1.29 is 4.79 Å². The predicted octanol–water partition coefficient (Wildman–Crippen LogP) is 2.82. The Labute approximate surface area is 105 Å². The van der Waals surface area contributed by atoms with Crippen LogP contribution in [0.1, 0.15) is 14.7 Å². The van der Waals surface area contributed by atoms with Crippen LogP contribution in [-0.2, 0) is 0 Å². The van der Waals surface area contributed by atoms with Crippen molar-refractivity contribution in [1.82, 2.24) is 9.88 Å². The number of aromatic nitrogens is 1. The topological polar surface area (TPSA) is 33.2 Å². The second kappa shape index (κ2) is 4.67. The van der Waals surface area contributed by atoms with Crippen LogP contribution in [0, 0.1) is 6.92 Å². The molecule has 0 radical (unpaired) electrons. The fraction of sp³-hybridized carbons (Fsp3) is 0.231. The quantitative estimate of drug-likeness (QED) is 0.816. The number of nitrogens with zero attached hydrogens (tertiary/aromatic N) is 2. The molecule has 1 amide bonds. The van der Waals surface area contributed by atoms with Crippen molar-refractivity contribution in [3.63, 3.8) is 0 Å². The van der Waals surface area contributed by atoms with Gasteiger partial charge in [-0.2, -0.15) is 0 Å². The van der Waals surface area contributed by atoms with Crippen molar-refractivity contribution in [1.29, 1.82) is 0 Å². The molecule has 0 unspecified atom stereocenters. The Balaban J connectivity index is 2.52. The highest BCUT2D eigenvalue weighted by molar-refractivity contribution is 7.14. The summed E-state index contributed by atoms with van der Waals surface area (Å²) >= 11 is 1.44. The number of thiazole rings is 1. The first-order valence-corrected chi connectivity index (χ1v) is 6.15. The van der Waals surface area contributed by atoms with E-state index < -0.39 is 0 Å². The summed E-state index contributed by atoms with van der Waals surface area (Å²) in [6.45, 7) is 1.92. The molecule has 17 heavy (non-hydrogen) atoms. The second-order valence-corrected chi connectivity index (χ2v) is 5.18. The maximum absolute atomic E-state index is 12.0. The molecule has 0 aliphatic carbocycles. The van der Waals surface area contributed by atoms with Gasteiger partial charge in [0.25, 0.3) is 5.91 Å². The average Bonchev–Trinajstić information content (AvgIpc) is 2.71. The molecule has 1 aromatic heterocycles. The fourth-order valence-corrected chi connectivity index (χ4v) is 2.53. The van der Waals surface area contributed by atoms with E-state index in [9.17, 15) is 4.79 Å². The zero-order valence-electron chi connectivity index (χ0n) is 10.1. The number of carbonyl (C=O) groups excluding carboxylic acids is 1. The van der Waals surface area contributed by atoms with Gasteiger partial charge in [-0.15, -0.1) is 11.3 Å². The largest absolute Gasteiger partial charge is 0.344 e. The Morgan fingerprint density at radius 1 is 1.24 bits per heavy atom. The Kier molecular flexibility index (Phi) is 3.24. The van der Waals surface area contributed by atoms with Crippen molar-refractivity contribution in [2.45, 2.75) is 6.92 Å². The van der Waals surface area contributed by atoms with Crippen molar-refractivity contribution in [2.24, 2.45) is 0 Å². The van der Waals surface area contributed by atoms with Gasteiger partial charge < -0.3 is 4.90 Å². The first-order chi connectivity index (χ1) is 8.09. The van der Waals surface area contributed by atoms with Gasteiger partial charge in [-0.25, -0.2) is 4.98 Å². The molecule has 0 saturated heterocycles. The Morgan fingerprint density at radius 2 is 1.88 bits per heavy atom. The summed E-state index contributed by atoms with van der Waals surface area (Å²) in [6.07, 6.45) is 0. The lowest BCUT2D eigenvalue weighted by Crippen LogP contribution is -2.21. The summed E-state index contributed by atoms with van der Waals surface area (Å²) in [5.41, 5.74) is 1.77. The third-order valence-corrected chi connectivity index (χ3v) is 3.34. The molecular formula is C13H14N2OS. The van der Waals surface area contributed by atoms with Gasteiger partial charge >= 0.3 is 0 Å². The van der Waals surface area contributed by atoms with E-state index in [1.54, 1.807) is 19.0 Å². The zero-order chi connectivity index (χ0) is 12.4. The third-order valence-electron chi connectivity index (χ3n) is 2.38. The van der Waals surface area contributed by atoms with Crippen LogP contribution in [0.3, 0.4) is 0 Å². The standard InChI is InChI=1S/C13H14N2OS/c1-9-14-11(10-7-5-4-6-8-10)12(17-9)13(16)15(2)3/h4-8H,1-3H3. The molecule has 0 aliphatic rings. The van der Waals surface area contributed by atoms with Crippen LogP contribution in [-0.4, -0.2) is 29.9 Å². The molecule has 0 atom stereocenters. The van der Waals surface area contributed by atoms with Gasteiger partial charge in [0.2, 0.25) is 0 Å². The van der Waals surface area contributed by atoms with Gasteiger partial charge in [0, 0.05) is 19.7 Å². The molecule has 4 heteroatoms. The van der Waals surface area contributed by atoms with E-state index in [4.69, 9.17) is 0 Å². The van der Waals surface area contributed by atoms with Crippen molar-refractivity contribution in [2.75, 3.05) is 14.1 Å².